The average molecular weight is 943 g/mol. The maximum atomic E-state index is 13.3. The van der Waals surface area contributed by atoms with Crippen LogP contribution in [0.15, 0.2) is 36.5 Å². The largest absolute Gasteiger partial charge is 0.462 e. The Labute approximate surface area is 417 Å². The van der Waals surface area contributed by atoms with Gasteiger partial charge in [-0.25, -0.2) is 0 Å². The maximum Gasteiger partial charge on any atom is 0.306 e. The Morgan fingerprint density at radius 1 is 0.433 bits per heavy atom. The molecule has 0 spiro atoms. The van der Waals surface area contributed by atoms with Crippen molar-refractivity contribution in [2.75, 3.05) is 6.61 Å². The number of aliphatic hydroxyl groups is 2. The fourth-order valence-corrected chi connectivity index (χ4v) is 9.16. The minimum Gasteiger partial charge on any atom is -0.462 e. The summed E-state index contributed by atoms with van der Waals surface area (Å²) < 4.78 is 5.96. The Morgan fingerprint density at radius 2 is 0.761 bits per heavy atom. The fourth-order valence-electron chi connectivity index (χ4n) is 9.16. The molecular formula is C61H115NO5. The Balaban J connectivity index is 4.55. The van der Waals surface area contributed by atoms with E-state index in [1.807, 2.05) is 0 Å². The number of carbonyl (C=O) groups excluding carboxylic acids is 2. The SMILES string of the molecule is CCCCC/C=C\C/C=C\CCCCCCCC(CC(=O)NC(CO)C(O)CCCCCCCCCCCCCCCCC)OC(=O)CCCCCCC/C=C/CCCCCCCCCCC. The number of allylic oxidation sites excluding steroid dienone is 6. The lowest BCUT2D eigenvalue weighted by Crippen LogP contribution is -2.46. The van der Waals surface area contributed by atoms with Crippen LogP contribution in [0.25, 0.3) is 0 Å². The van der Waals surface area contributed by atoms with Gasteiger partial charge >= 0.3 is 5.97 Å². The lowest BCUT2D eigenvalue weighted by molar-refractivity contribution is -0.151. The predicted molar refractivity (Wildman–Crippen MR) is 292 cm³/mol. The van der Waals surface area contributed by atoms with Crippen LogP contribution in [0.3, 0.4) is 0 Å². The summed E-state index contributed by atoms with van der Waals surface area (Å²) in [6.45, 7) is 6.49. The zero-order chi connectivity index (χ0) is 48.8. The van der Waals surface area contributed by atoms with Crippen LogP contribution in [0.1, 0.15) is 316 Å². The minimum absolute atomic E-state index is 0.0679. The van der Waals surface area contributed by atoms with Crippen molar-refractivity contribution in [2.45, 2.75) is 334 Å². The van der Waals surface area contributed by atoms with Crippen LogP contribution in [0.5, 0.6) is 0 Å². The van der Waals surface area contributed by atoms with Crippen molar-refractivity contribution in [1.29, 1.82) is 0 Å². The second-order valence-electron chi connectivity index (χ2n) is 20.4. The number of nitrogens with one attached hydrogen (secondary N) is 1. The highest BCUT2D eigenvalue weighted by Gasteiger charge is 2.24. The standard InChI is InChI=1S/C61H115NO5/c1-4-7-10-13-16-19-22-25-28-29-30-33-36-39-42-45-48-51-54-61(66)67-57(52-49-46-43-40-37-34-31-26-23-20-17-14-11-8-5-2)55-60(65)62-58(56-63)59(64)53-50-47-44-41-38-35-32-27-24-21-18-15-12-9-6-3/h17,20,26,30-31,33,57-59,63-64H,4-16,18-19,21-25,27-29,32,34-56H2,1-3H3,(H,62,65)/b20-17-,31-26-,33-30+. The van der Waals surface area contributed by atoms with Gasteiger partial charge in [-0.1, -0.05) is 256 Å². The van der Waals surface area contributed by atoms with Crippen molar-refractivity contribution in [3.63, 3.8) is 0 Å². The molecule has 3 atom stereocenters. The van der Waals surface area contributed by atoms with Crippen molar-refractivity contribution in [3.05, 3.63) is 36.5 Å². The van der Waals surface area contributed by atoms with E-state index >= 15 is 0 Å². The molecule has 0 saturated heterocycles. The van der Waals surface area contributed by atoms with Gasteiger partial charge in [0.15, 0.2) is 0 Å². The topological polar surface area (TPSA) is 95.9 Å². The van der Waals surface area contributed by atoms with Crippen molar-refractivity contribution >= 4 is 11.9 Å². The second kappa shape index (κ2) is 55.0. The third kappa shape index (κ3) is 50.3. The molecule has 0 saturated carbocycles. The molecule has 0 radical (unpaired) electrons. The van der Waals surface area contributed by atoms with E-state index in [2.05, 4.69) is 62.5 Å². The highest BCUT2D eigenvalue weighted by atomic mass is 16.5. The molecule has 3 unspecified atom stereocenters. The Bertz CT molecular complexity index is 1100. The molecule has 0 aromatic heterocycles. The number of amides is 1. The summed E-state index contributed by atoms with van der Waals surface area (Å²) in [6.07, 6.45) is 66.4. The van der Waals surface area contributed by atoms with Crippen LogP contribution in [0.2, 0.25) is 0 Å². The van der Waals surface area contributed by atoms with E-state index in [0.717, 1.165) is 70.6 Å². The van der Waals surface area contributed by atoms with Crippen LogP contribution >= 0.6 is 0 Å². The van der Waals surface area contributed by atoms with Gasteiger partial charge in [0.05, 0.1) is 25.2 Å². The van der Waals surface area contributed by atoms with Crippen LogP contribution in [0.4, 0.5) is 0 Å². The maximum absolute atomic E-state index is 13.3. The number of ether oxygens (including phenoxy) is 1. The molecule has 394 valence electrons. The third-order valence-electron chi connectivity index (χ3n) is 13.7. The van der Waals surface area contributed by atoms with Gasteiger partial charge in [-0.2, -0.15) is 0 Å². The fraction of sp³-hybridized carbons (Fsp3) is 0.869. The third-order valence-corrected chi connectivity index (χ3v) is 13.7. The molecule has 0 heterocycles. The molecule has 6 nitrogen and oxygen atoms in total. The molecule has 67 heavy (non-hydrogen) atoms. The summed E-state index contributed by atoms with van der Waals surface area (Å²) in [5.41, 5.74) is 0. The first-order chi connectivity index (χ1) is 33.0. The van der Waals surface area contributed by atoms with Crippen molar-refractivity contribution in [2.24, 2.45) is 0 Å². The van der Waals surface area contributed by atoms with E-state index in [1.54, 1.807) is 0 Å². The molecule has 3 N–H and O–H groups in total. The summed E-state index contributed by atoms with van der Waals surface area (Å²) in [5.74, 6) is -0.482. The molecule has 0 bridgehead atoms. The lowest BCUT2D eigenvalue weighted by atomic mass is 10.0. The monoisotopic (exact) mass is 942 g/mol. The molecule has 0 aromatic carbocycles. The molecule has 1 amide bonds. The Hall–Kier alpha value is -1.92. The Morgan fingerprint density at radius 3 is 1.18 bits per heavy atom. The van der Waals surface area contributed by atoms with Crippen molar-refractivity contribution in [3.8, 4) is 0 Å². The van der Waals surface area contributed by atoms with E-state index in [-0.39, 0.29) is 24.9 Å². The summed E-state index contributed by atoms with van der Waals surface area (Å²) in [6, 6.07) is -0.707. The molecule has 0 fully saturated rings. The number of unbranched alkanes of at least 4 members (excludes halogenated alkanes) is 36. The predicted octanol–water partition coefficient (Wildman–Crippen LogP) is 18.4. The number of carbonyl (C=O) groups is 2. The van der Waals surface area contributed by atoms with Gasteiger partial charge in [0.2, 0.25) is 5.91 Å². The highest BCUT2D eigenvalue weighted by molar-refractivity contribution is 5.77. The van der Waals surface area contributed by atoms with Crippen molar-refractivity contribution in [1.82, 2.24) is 5.32 Å². The normalized spacial score (nSPS) is 13.3. The number of esters is 1. The van der Waals surface area contributed by atoms with Gasteiger partial charge in [0.25, 0.3) is 0 Å². The molecule has 6 heteroatoms. The Kier molecular flexibility index (Phi) is 53.4. The molecule has 0 aromatic rings. The zero-order valence-corrected chi connectivity index (χ0v) is 45.0. The van der Waals surface area contributed by atoms with Gasteiger partial charge in [-0.3, -0.25) is 9.59 Å². The van der Waals surface area contributed by atoms with Gasteiger partial charge in [0, 0.05) is 6.42 Å². The summed E-state index contributed by atoms with van der Waals surface area (Å²) in [5, 5.41) is 23.9. The molecule has 0 aliphatic carbocycles. The zero-order valence-electron chi connectivity index (χ0n) is 45.0. The quantitative estimate of drug-likeness (QED) is 0.0321. The van der Waals surface area contributed by atoms with Crippen LogP contribution in [-0.2, 0) is 14.3 Å². The molecule has 0 aliphatic rings. The van der Waals surface area contributed by atoms with E-state index in [1.165, 1.54) is 199 Å². The van der Waals surface area contributed by atoms with Gasteiger partial charge in [0.1, 0.15) is 6.10 Å². The number of rotatable bonds is 54. The minimum atomic E-state index is -0.792. The summed E-state index contributed by atoms with van der Waals surface area (Å²) in [7, 11) is 0. The number of aliphatic hydroxyl groups excluding tert-OH is 2. The van der Waals surface area contributed by atoms with Gasteiger partial charge in [-0.15, -0.1) is 0 Å². The average Bonchev–Trinajstić information content (AvgIpc) is 3.32. The van der Waals surface area contributed by atoms with Crippen LogP contribution < -0.4 is 5.32 Å². The van der Waals surface area contributed by atoms with Crippen LogP contribution in [0, 0.1) is 0 Å². The van der Waals surface area contributed by atoms with E-state index < -0.39 is 18.2 Å². The molecule has 0 rings (SSSR count). The molecular weight excluding hydrogens is 827 g/mol. The number of hydrogen-bond acceptors (Lipinski definition) is 5. The summed E-state index contributed by atoms with van der Waals surface area (Å²) >= 11 is 0. The summed E-state index contributed by atoms with van der Waals surface area (Å²) in [4.78, 5) is 26.3. The van der Waals surface area contributed by atoms with Crippen LogP contribution in [-0.4, -0.2) is 46.9 Å². The van der Waals surface area contributed by atoms with E-state index in [4.69, 9.17) is 4.74 Å². The van der Waals surface area contributed by atoms with E-state index in [0.29, 0.717) is 19.3 Å². The van der Waals surface area contributed by atoms with Crippen molar-refractivity contribution < 1.29 is 24.5 Å². The molecule has 0 aliphatic heterocycles. The number of hydrogen-bond donors (Lipinski definition) is 3. The van der Waals surface area contributed by atoms with Gasteiger partial charge < -0.3 is 20.3 Å². The van der Waals surface area contributed by atoms with E-state index in [9.17, 15) is 19.8 Å². The lowest BCUT2D eigenvalue weighted by Gasteiger charge is -2.24. The van der Waals surface area contributed by atoms with Gasteiger partial charge in [-0.05, 0) is 83.5 Å². The smallest absolute Gasteiger partial charge is 0.306 e. The second-order valence-corrected chi connectivity index (χ2v) is 20.4. The first-order valence-electron chi connectivity index (χ1n) is 29.7. The first kappa shape index (κ1) is 65.1. The highest BCUT2D eigenvalue weighted by Crippen LogP contribution is 2.18. The first-order valence-corrected chi connectivity index (χ1v) is 29.7.